The second-order valence-electron chi connectivity index (χ2n) is 5.42. The second kappa shape index (κ2) is 5.87. The van der Waals surface area contributed by atoms with Crippen LogP contribution in [0, 0.1) is 11.8 Å². The van der Waals surface area contributed by atoms with Gasteiger partial charge in [0.1, 0.15) is 0 Å². The zero-order valence-electron chi connectivity index (χ0n) is 11.2. The number of carboxylic acids is 1. The summed E-state index contributed by atoms with van der Waals surface area (Å²) >= 11 is 0. The number of carboxylic acid groups (broad SMARTS) is 1. The Morgan fingerprint density at radius 2 is 1.76 bits per heavy atom. The number of alkyl halides is 3. The summed E-state index contributed by atoms with van der Waals surface area (Å²) in [5.74, 6) is -1.49. The molecule has 114 valence electrons. The molecule has 2 atom stereocenters. The first-order valence-electron chi connectivity index (χ1n) is 6.70. The number of Topliss-reactive ketones (excluding diaryl/α,β-unsaturated/α-hetero) is 1. The zero-order chi connectivity index (χ0) is 15.6. The van der Waals surface area contributed by atoms with Crippen LogP contribution in [0.2, 0.25) is 0 Å². The van der Waals surface area contributed by atoms with Crippen molar-refractivity contribution in [3.8, 4) is 0 Å². The highest BCUT2D eigenvalue weighted by Gasteiger charge is 2.32. The number of benzene rings is 1. The van der Waals surface area contributed by atoms with E-state index < -0.39 is 23.6 Å². The van der Waals surface area contributed by atoms with Gasteiger partial charge in [0.05, 0.1) is 11.5 Å². The van der Waals surface area contributed by atoms with E-state index in [4.69, 9.17) is 5.11 Å². The summed E-state index contributed by atoms with van der Waals surface area (Å²) in [6, 6.07) is 4.13. The number of aliphatic carboxylic acids is 1. The molecule has 0 radical (unpaired) electrons. The monoisotopic (exact) mass is 300 g/mol. The number of carbonyl (C=O) groups is 2. The number of hydrogen-bond donors (Lipinski definition) is 1. The summed E-state index contributed by atoms with van der Waals surface area (Å²) in [7, 11) is 0. The molecule has 0 heterocycles. The molecule has 1 aliphatic carbocycles. The van der Waals surface area contributed by atoms with E-state index in [1.54, 1.807) is 0 Å². The third-order valence-electron chi connectivity index (χ3n) is 3.90. The fourth-order valence-corrected chi connectivity index (χ4v) is 2.71. The molecule has 1 aliphatic rings. The Labute approximate surface area is 119 Å². The molecule has 2 rings (SSSR count). The molecule has 1 saturated carbocycles. The number of carbonyl (C=O) groups excluding carboxylic acids is 1. The van der Waals surface area contributed by atoms with Crippen LogP contribution in [0.25, 0.3) is 0 Å². The van der Waals surface area contributed by atoms with Gasteiger partial charge in [-0.2, -0.15) is 13.2 Å². The minimum absolute atomic E-state index is 0.000827. The van der Waals surface area contributed by atoms with E-state index in [-0.39, 0.29) is 23.7 Å². The molecule has 6 heteroatoms. The quantitative estimate of drug-likeness (QED) is 0.861. The van der Waals surface area contributed by atoms with E-state index in [0.717, 1.165) is 12.1 Å². The van der Waals surface area contributed by atoms with Crippen LogP contribution in [0.4, 0.5) is 13.2 Å². The van der Waals surface area contributed by atoms with Crippen molar-refractivity contribution >= 4 is 11.8 Å². The van der Waals surface area contributed by atoms with Gasteiger partial charge in [-0.3, -0.25) is 9.59 Å². The fraction of sp³-hybridized carbons (Fsp3) is 0.467. The lowest BCUT2D eigenvalue weighted by molar-refractivity contribution is -0.141. The summed E-state index contributed by atoms with van der Waals surface area (Å²) in [4.78, 5) is 22.9. The minimum atomic E-state index is -4.41. The summed E-state index contributed by atoms with van der Waals surface area (Å²) in [5.41, 5.74) is -0.548. The van der Waals surface area contributed by atoms with Gasteiger partial charge in [-0.1, -0.05) is 12.1 Å². The van der Waals surface area contributed by atoms with Gasteiger partial charge in [0, 0.05) is 12.0 Å². The van der Waals surface area contributed by atoms with E-state index in [0.29, 0.717) is 19.3 Å². The molecular formula is C15H15F3O3. The average Bonchev–Trinajstić information content (AvgIpc) is 2.86. The maximum Gasteiger partial charge on any atom is 0.416 e. The molecule has 0 bridgehead atoms. The smallest absolute Gasteiger partial charge is 0.416 e. The van der Waals surface area contributed by atoms with Crippen molar-refractivity contribution in [2.24, 2.45) is 11.8 Å². The zero-order valence-corrected chi connectivity index (χ0v) is 11.2. The molecule has 0 aliphatic heterocycles. The SMILES string of the molecule is O=C(C[C@H]1CC[C@@H](C(=O)O)C1)c1ccc(C(F)(F)F)cc1. The van der Waals surface area contributed by atoms with Crippen LogP contribution in [0.15, 0.2) is 24.3 Å². The van der Waals surface area contributed by atoms with Crippen molar-refractivity contribution in [1.82, 2.24) is 0 Å². The Balaban J connectivity index is 1.97. The van der Waals surface area contributed by atoms with Crippen molar-refractivity contribution in [3.63, 3.8) is 0 Å². The van der Waals surface area contributed by atoms with Gasteiger partial charge < -0.3 is 5.11 Å². The van der Waals surface area contributed by atoms with Crippen LogP contribution in [0.3, 0.4) is 0 Å². The van der Waals surface area contributed by atoms with E-state index in [2.05, 4.69) is 0 Å². The number of rotatable bonds is 4. The van der Waals surface area contributed by atoms with Gasteiger partial charge in [-0.05, 0) is 37.3 Å². The molecule has 0 unspecified atom stereocenters. The topological polar surface area (TPSA) is 54.4 Å². The first-order valence-corrected chi connectivity index (χ1v) is 6.70. The van der Waals surface area contributed by atoms with Gasteiger partial charge >= 0.3 is 12.1 Å². The van der Waals surface area contributed by atoms with Crippen LogP contribution < -0.4 is 0 Å². The summed E-state index contributed by atoms with van der Waals surface area (Å²) in [6.45, 7) is 0. The third kappa shape index (κ3) is 3.83. The van der Waals surface area contributed by atoms with Crippen LogP contribution in [0.5, 0.6) is 0 Å². The Bertz CT molecular complexity index is 534. The van der Waals surface area contributed by atoms with Gasteiger partial charge in [0.2, 0.25) is 0 Å². The molecule has 0 amide bonds. The van der Waals surface area contributed by atoms with Gasteiger partial charge in [0.25, 0.3) is 0 Å². The largest absolute Gasteiger partial charge is 0.481 e. The molecule has 1 aromatic rings. The highest BCUT2D eigenvalue weighted by Crippen LogP contribution is 2.34. The standard InChI is InChI=1S/C15H15F3O3/c16-15(17,18)12-5-3-10(4-6-12)13(19)8-9-1-2-11(7-9)14(20)21/h3-6,9,11H,1-2,7-8H2,(H,20,21)/t9-,11+/m0/s1. The first kappa shape index (κ1) is 15.5. The van der Waals surface area contributed by atoms with E-state index in [9.17, 15) is 22.8 Å². The fourth-order valence-electron chi connectivity index (χ4n) is 2.71. The molecular weight excluding hydrogens is 285 g/mol. The van der Waals surface area contributed by atoms with Gasteiger partial charge in [0.15, 0.2) is 5.78 Å². The molecule has 0 saturated heterocycles. The molecule has 3 nitrogen and oxygen atoms in total. The highest BCUT2D eigenvalue weighted by atomic mass is 19.4. The van der Waals surface area contributed by atoms with Crippen LogP contribution >= 0.6 is 0 Å². The van der Waals surface area contributed by atoms with E-state index in [1.807, 2.05) is 0 Å². The molecule has 0 spiro atoms. The minimum Gasteiger partial charge on any atom is -0.481 e. The Hall–Kier alpha value is -1.85. The normalized spacial score (nSPS) is 22.2. The van der Waals surface area contributed by atoms with E-state index >= 15 is 0 Å². The maximum atomic E-state index is 12.4. The molecule has 21 heavy (non-hydrogen) atoms. The maximum absolute atomic E-state index is 12.4. The second-order valence-corrected chi connectivity index (χ2v) is 5.42. The predicted octanol–water partition coefficient (Wildman–Crippen LogP) is 3.78. The van der Waals surface area contributed by atoms with E-state index in [1.165, 1.54) is 12.1 Å². The number of hydrogen-bond acceptors (Lipinski definition) is 2. The average molecular weight is 300 g/mol. The lowest BCUT2D eigenvalue weighted by Crippen LogP contribution is -2.11. The van der Waals surface area contributed by atoms with Gasteiger partial charge in [-0.15, -0.1) is 0 Å². The Morgan fingerprint density at radius 3 is 2.24 bits per heavy atom. The lowest BCUT2D eigenvalue weighted by Gasteiger charge is -2.10. The molecule has 1 N–H and O–H groups in total. The Morgan fingerprint density at radius 1 is 1.14 bits per heavy atom. The first-order chi connectivity index (χ1) is 9.77. The predicted molar refractivity (Wildman–Crippen MR) is 68.9 cm³/mol. The van der Waals surface area contributed by atoms with Crippen LogP contribution in [0.1, 0.15) is 41.6 Å². The van der Waals surface area contributed by atoms with Crippen LogP contribution in [-0.2, 0) is 11.0 Å². The number of halogens is 3. The highest BCUT2D eigenvalue weighted by molar-refractivity contribution is 5.96. The third-order valence-corrected chi connectivity index (χ3v) is 3.90. The Kier molecular flexibility index (Phi) is 4.34. The van der Waals surface area contributed by atoms with Crippen molar-refractivity contribution in [2.75, 3.05) is 0 Å². The van der Waals surface area contributed by atoms with Crippen LogP contribution in [-0.4, -0.2) is 16.9 Å². The van der Waals surface area contributed by atoms with Crippen molar-refractivity contribution in [1.29, 1.82) is 0 Å². The summed E-state index contributed by atoms with van der Waals surface area (Å²) < 4.78 is 37.3. The lowest BCUT2D eigenvalue weighted by atomic mass is 9.95. The summed E-state index contributed by atoms with van der Waals surface area (Å²) in [5, 5.41) is 8.90. The molecule has 1 aromatic carbocycles. The van der Waals surface area contributed by atoms with Crippen molar-refractivity contribution in [2.45, 2.75) is 31.9 Å². The van der Waals surface area contributed by atoms with Crippen molar-refractivity contribution in [3.05, 3.63) is 35.4 Å². The molecule has 1 fully saturated rings. The molecule has 0 aromatic heterocycles. The van der Waals surface area contributed by atoms with Gasteiger partial charge in [-0.25, -0.2) is 0 Å². The summed E-state index contributed by atoms with van der Waals surface area (Å²) in [6.07, 6.45) is -2.54. The van der Waals surface area contributed by atoms with Crippen molar-refractivity contribution < 1.29 is 27.9 Å². The number of ketones is 1.